The third-order valence-corrected chi connectivity index (χ3v) is 4.47. The number of guanidine groups is 1. The number of hydrogen-bond acceptors (Lipinski definition) is 3. The van der Waals surface area contributed by atoms with Gasteiger partial charge in [-0.15, -0.1) is 11.3 Å². The molecule has 1 unspecified atom stereocenters. The Morgan fingerprint density at radius 3 is 2.87 bits per heavy atom. The SMILES string of the molecule is CN=C(NCc1ccc(F)c(COC)c1)NC(C)c1cccs1. The van der Waals surface area contributed by atoms with Crippen molar-refractivity contribution < 1.29 is 9.13 Å². The molecule has 2 N–H and O–H groups in total. The number of hydrogen-bond donors (Lipinski definition) is 2. The van der Waals surface area contributed by atoms with Crippen LogP contribution in [0.4, 0.5) is 4.39 Å². The Morgan fingerprint density at radius 2 is 2.22 bits per heavy atom. The van der Waals surface area contributed by atoms with Crippen molar-refractivity contribution in [2.75, 3.05) is 14.2 Å². The van der Waals surface area contributed by atoms with Crippen LogP contribution in [0.25, 0.3) is 0 Å². The maximum Gasteiger partial charge on any atom is 0.191 e. The minimum atomic E-state index is -0.246. The van der Waals surface area contributed by atoms with Gasteiger partial charge >= 0.3 is 0 Å². The van der Waals surface area contributed by atoms with Crippen LogP contribution in [0.5, 0.6) is 0 Å². The lowest BCUT2D eigenvalue weighted by atomic mass is 10.1. The molecule has 2 aromatic rings. The van der Waals surface area contributed by atoms with E-state index in [9.17, 15) is 4.39 Å². The van der Waals surface area contributed by atoms with E-state index >= 15 is 0 Å². The molecule has 1 heterocycles. The quantitative estimate of drug-likeness (QED) is 0.628. The van der Waals surface area contributed by atoms with Crippen LogP contribution in [0.3, 0.4) is 0 Å². The van der Waals surface area contributed by atoms with Crippen LogP contribution >= 0.6 is 11.3 Å². The fraction of sp³-hybridized carbons (Fsp3) is 0.353. The molecule has 124 valence electrons. The second-order valence-corrected chi connectivity index (χ2v) is 6.15. The molecule has 4 nitrogen and oxygen atoms in total. The molecular formula is C17H22FN3OS. The zero-order chi connectivity index (χ0) is 16.7. The number of nitrogens with one attached hydrogen (secondary N) is 2. The van der Waals surface area contributed by atoms with Crippen LogP contribution in [0, 0.1) is 5.82 Å². The molecular weight excluding hydrogens is 313 g/mol. The molecule has 0 saturated heterocycles. The number of halogens is 1. The first-order valence-corrected chi connectivity index (χ1v) is 8.28. The van der Waals surface area contributed by atoms with Gasteiger partial charge in [0.1, 0.15) is 5.82 Å². The molecule has 0 amide bonds. The van der Waals surface area contributed by atoms with E-state index in [1.165, 1.54) is 10.9 Å². The lowest BCUT2D eigenvalue weighted by molar-refractivity contribution is 0.181. The Kier molecular flexibility index (Phi) is 6.55. The summed E-state index contributed by atoms with van der Waals surface area (Å²) in [6.07, 6.45) is 0. The molecule has 2 rings (SSSR count). The van der Waals surface area contributed by atoms with E-state index in [1.807, 2.05) is 12.1 Å². The first-order chi connectivity index (χ1) is 11.1. The van der Waals surface area contributed by atoms with Crippen molar-refractivity contribution in [3.8, 4) is 0 Å². The zero-order valence-corrected chi connectivity index (χ0v) is 14.4. The fourth-order valence-electron chi connectivity index (χ4n) is 2.20. The summed E-state index contributed by atoms with van der Waals surface area (Å²) >= 11 is 1.71. The molecule has 0 saturated carbocycles. The zero-order valence-electron chi connectivity index (χ0n) is 13.6. The van der Waals surface area contributed by atoms with Gasteiger partial charge in [-0.25, -0.2) is 4.39 Å². The molecule has 0 aliphatic carbocycles. The summed E-state index contributed by atoms with van der Waals surface area (Å²) in [6, 6.07) is 9.34. The Labute approximate surface area is 140 Å². The van der Waals surface area contributed by atoms with Crippen LogP contribution in [0.2, 0.25) is 0 Å². The summed E-state index contributed by atoms with van der Waals surface area (Å²) in [4.78, 5) is 5.48. The minimum Gasteiger partial charge on any atom is -0.380 e. The van der Waals surface area contributed by atoms with Gasteiger partial charge in [0.25, 0.3) is 0 Å². The van der Waals surface area contributed by atoms with Crippen molar-refractivity contribution in [3.05, 3.63) is 57.5 Å². The Bertz CT molecular complexity index is 643. The van der Waals surface area contributed by atoms with Crippen molar-refractivity contribution >= 4 is 17.3 Å². The van der Waals surface area contributed by atoms with E-state index < -0.39 is 0 Å². The van der Waals surface area contributed by atoms with Gasteiger partial charge < -0.3 is 15.4 Å². The number of benzene rings is 1. The second kappa shape index (κ2) is 8.64. The predicted octanol–water partition coefficient (Wildman–Crippen LogP) is 3.46. The molecule has 1 atom stereocenters. The van der Waals surface area contributed by atoms with Crippen LogP contribution < -0.4 is 10.6 Å². The van der Waals surface area contributed by atoms with Crippen LogP contribution in [-0.2, 0) is 17.9 Å². The van der Waals surface area contributed by atoms with Gasteiger partial charge in [-0.3, -0.25) is 4.99 Å². The van der Waals surface area contributed by atoms with Gasteiger partial charge in [0.15, 0.2) is 5.96 Å². The molecule has 23 heavy (non-hydrogen) atoms. The summed E-state index contributed by atoms with van der Waals surface area (Å²) in [5.41, 5.74) is 1.53. The van der Waals surface area contributed by atoms with E-state index in [4.69, 9.17) is 4.74 Å². The summed E-state index contributed by atoms with van der Waals surface area (Å²) in [5.74, 6) is 0.466. The molecule has 6 heteroatoms. The molecule has 0 spiro atoms. The number of thiophene rings is 1. The maximum absolute atomic E-state index is 13.6. The molecule has 1 aromatic heterocycles. The molecule has 0 aliphatic heterocycles. The van der Waals surface area contributed by atoms with Gasteiger partial charge in [0, 0.05) is 31.1 Å². The highest BCUT2D eigenvalue weighted by Gasteiger charge is 2.09. The Balaban J connectivity index is 1.94. The highest BCUT2D eigenvalue weighted by molar-refractivity contribution is 7.10. The van der Waals surface area contributed by atoms with Gasteiger partial charge in [0.2, 0.25) is 0 Å². The van der Waals surface area contributed by atoms with Gasteiger partial charge in [-0.2, -0.15) is 0 Å². The first-order valence-electron chi connectivity index (χ1n) is 7.41. The van der Waals surface area contributed by atoms with Crippen molar-refractivity contribution in [1.29, 1.82) is 0 Å². The lowest BCUT2D eigenvalue weighted by Gasteiger charge is -2.17. The van der Waals surface area contributed by atoms with Crippen LogP contribution in [-0.4, -0.2) is 20.1 Å². The Morgan fingerprint density at radius 1 is 1.39 bits per heavy atom. The summed E-state index contributed by atoms with van der Waals surface area (Å²) in [6.45, 7) is 2.92. The normalized spacial score (nSPS) is 13.0. The Hall–Kier alpha value is -1.92. The summed E-state index contributed by atoms with van der Waals surface area (Å²) < 4.78 is 18.6. The molecule has 0 aliphatic rings. The average Bonchev–Trinajstić information content (AvgIpc) is 3.08. The summed E-state index contributed by atoms with van der Waals surface area (Å²) in [5, 5.41) is 8.64. The van der Waals surface area contributed by atoms with Gasteiger partial charge in [0.05, 0.1) is 12.6 Å². The monoisotopic (exact) mass is 335 g/mol. The third-order valence-electron chi connectivity index (χ3n) is 3.42. The van der Waals surface area contributed by atoms with E-state index in [1.54, 1.807) is 31.6 Å². The molecule has 0 fully saturated rings. The van der Waals surface area contributed by atoms with Gasteiger partial charge in [-0.1, -0.05) is 12.1 Å². The lowest BCUT2D eigenvalue weighted by Crippen LogP contribution is -2.38. The van der Waals surface area contributed by atoms with E-state index in [2.05, 4.69) is 34.0 Å². The number of nitrogens with zero attached hydrogens (tertiary/aromatic N) is 1. The number of ether oxygens (including phenoxy) is 1. The second-order valence-electron chi connectivity index (χ2n) is 5.17. The number of methoxy groups -OCH3 is 1. The van der Waals surface area contributed by atoms with Crippen molar-refractivity contribution in [2.45, 2.75) is 26.1 Å². The van der Waals surface area contributed by atoms with E-state index in [-0.39, 0.29) is 18.5 Å². The predicted molar refractivity (Wildman–Crippen MR) is 93.2 cm³/mol. The smallest absolute Gasteiger partial charge is 0.191 e. The highest BCUT2D eigenvalue weighted by Crippen LogP contribution is 2.18. The average molecular weight is 335 g/mol. The third kappa shape index (κ3) is 5.04. The molecule has 0 radical (unpaired) electrons. The standard InChI is InChI=1S/C17H22FN3OS/c1-12(16-5-4-8-23-16)21-17(19-2)20-10-13-6-7-15(18)14(9-13)11-22-3/h4-9,12H,10-11H2,1-3H3,(H2,19,20,21). The van der Waals surface area contributed by atoms with Crippen molar-refractivity contribution in [3.63, 3.8) is 0 Å². The fourth-order valence-corrected chi connectivity index (χ4v) is 2.93. The highest BCUT2D eigenvalue weighted by atomic mass is 32.1. The maximum atomic E-state index is 13.6. The topological polar surface area (TPSA) is 45.7 Å². The van der Waals surface area contributed by atoms with Crippen molar-refractivity contribution in [1.82, 2.24) is 10.6 Å². The summed E-state index contributed by atoms with van der Waals surface area (Å²) in [7, 11) is 3.29. The first kappa shape index (κ1) is 17.4. The number of rotatable bonds is 6. The van der Waals surface area contributed by atoms with Gasteiger partial charge in [-0.05, 0) is 36.1 Å². The van der Waals surface area contributed by atoms with Crippen LogP contribution in [0.1, 0.15) is 29.0 Å². The van der Waals surface area contributed by atoms with E-state index in [0.717, 1.165) is 5.56 Å². The number of aliphatic imine (C=N–C) groups is 1. The molecule has 1 aromatic carbocycles. The minimum absolute atomic E-state index is 0.179. The largest absolute Gasteiger partial charge is 0.380 e. The van der Waals surface area contributed by atoms with Crippen LogP contribution in [0.15, 0.2) is 40.7 Å². The van der Waals surface area contributed by atoms with E-state index in [0.29, 0.717) is 18.1 Å². The van der Waals surface area contributed by atoms with Crippen molar-refractivity contribution in [2.24, 2.45) is 4.99 Å². The molecule has 0 bridgehead atoms.